The molecule has 166 valence electrons. The number of carbonyl (C=O) groups is 1. The standard InChI is InChI=1S/C20H14BrF3N4O3S/c1-30-10-5-6-11(13(8-10)31-2)26-19(29)17-16(21)18-25-12(14-4-3-7-32-14)9-15(20(22,23)24)28(18)27-17/h3-9H,1-2H3,(H,26,29). The van der Waals surface area contributed by atoms with Gasteiger partial charge in [0.2, 0.25) is 0 Å². The number of amides is 1. The van der Waals surface area contributed by atoms with Crippen molar-refractivity contribution in [3.63, 3.8) is 0 Å². The van der Waals surface area contributed by atoms with Crippen LogP contribution < -0.4 is 14.8 Å². The first kappa shape index (κ1) is 22.1. The van der Waals surface area contributed by atoms with Crippen molar-refractivity contribution in [2.45, 2.75) is 6.18 Å². The van der Waals surface area contributed by atoms with Crippen LogP contribution in [0.3, 0.4) is 0 Å². The molecule has 0 unspecified atom stereocenters. The molecule has 7 nitrogen and oxygen atoms in total. The topological polar surface area (TPSA) is 77.8 Å². The molecule has 3 heterocycles. The van der Waals surface area contributed by atoms with Gasteiger partial charge < -0.3 is 14.8 Å². The molecule has 0 fully saturated rings. The molecule has 1 N–H and O–H groups in total. The van der Waals surface area contributed by atoms with Crippen LogP contribution >= 0.6 is 27.3 Å². The van der Waals surface area contributed by atoms with Gasteiger partial charge in [0.25, 0.3) is 5.91 Å². The van der Waals surface area contributed by atoms with Crippen LogP contribution in [-0.4, -0.2) is 34.7 Å². The lowest BCUT2D eigenvalue weighted by Gasteiger charge is -2.11. The van der Waals surface area contributed by atoms with Crippen molar-refractivity contribution < 1.29 is 27.4 Å². The number of ether oxygens (including phenoxy) is 2. The lowest BCUT2D eigenvalue weighted by Crippen LogP contribution is -2.16. The Morgan fingerprint density at radius 3 is 2.59 bits per heavy atom. The van der Waals surface area contributed by atoms with Crippen LogP contribution in [0.4, 0.5) is 18.9 Å². The van der Waals surface area contributed by atoms with E-state index in [9.17, 15) is 18.0 Å². The number of fused-ring (bicyclic) bond motifs is 1. The lowest BCUT2D eigenvalue weighted by molar-refractivity contribution is -0.142. The summed E-state index contributed by atoms with van der Waals surface area (Å²) in [6.45, 7) is 0. The fraction of sp³-hybridized carbons (Fsp3) is 0.150. The van der Waals surface area contributed by atoms with E-state index < -0.39 is 17.8 Å². The average Bonchev–Trinajstić information content (AvgIpc) is 3.41. The first-order valence-electron chi connectivity index (χ1n) is 8.96. The van der Waals surface area contributed by atoms with Crippen LogP contribution in [-0.2, 0) is 6.18 Å². The highest BCUT2D eigenvalue weighted by molar-refractivity contribution is 9.10. The maximum Gasteiger partial charge on any atom is 0.433 e. The highest BCUT2D eigenvalue weighted by Crippen LogP contribution is 2.36. The number of carbonyl (C=O) groups excluding carboxylic acids is 1. The van der Waals surface area contributed by atoms with Gasteiger partial charge in [0.1, 0.15) is 11.5 Å². The fourth-order valence-electron chi connectivity index (χ4n) is 2.97. The second kappa shape index (κ2) is 8.43. The molecule has 12 heteroatoms. The summed E-state index contributed by atoms with van der Waals surface area (Å²) in [4.78, 5) is 17.7. The zero-order chi connectivity index (χ0) is 23.0. The van der Waals surface area contributed by atoms with E-state index in [1.54, 1.807) is 35.7 Å². The predicted octanol–water partition coefficient (Wildman–Crippen LogP) is 5.51. The molecule has 0 atom stereocenters. The molecule has 1 amide bonds. The van der Waals surface area contributed by atoms with Crippen molar-refractivity contribution in [1.82, 2.24) is 14.6 Å². The summed E-state index contributed by atoms with van der Waals surface area (Å²) in [6, 6.07) is 9.00. The van der Waals surface area contributed by atoms with Gasteiger partial charge in [0.15, 0.2) is 17.0 Å². The van der Waals surface area contributed by atoms with E-state index in [0.29, 0.717) is 26.6 Å². The van der Waals surface area contributed by atoms with Crippen LogP contribution in [0.2, 0.25) is 0 Å². The van der Waals surface area contributed by atoms with Gasteiger partial charge in [-0.3, -0.25) is 4.79 Å². The van der Waals surface area contributed by atoms with E-state index in [1.807, 2.05) is 0 Å². The minimum absolute atomic E-state index is 0.0337. The maximum absolute atomic E-state index is 13.8. The number of halogens is 4. The number of nitrogens with zero attached hydrogens (tertiary/aromatic N) is 3. The summed E-state index contributed by atoms with van der Waals surface area (Å²) in [5.41, 5.74) is -1.01. The smallest absolute Gasteiger partial charge is 0.433 e. The molecule has 0 spiro atoms. The molecule has 0 aliphatic rings. The molecule has 0 aliphatic heterocycles. The van der Waals surface area contributed by atoms with Crippen molar-refractivity contribution in [2.75, 3.05) is 19.5 Å². The van der Waals surface area contributed by atoms with Gasteiger partial charge in [-0.25, -0.2) is 9.50 Å². The Morgan fingerprint density at radius 2 is 1.97 bits per heavy atom. The number of anilines is 1. The zero-order valence-corrected chi connectivity index (χ0v) is 18.9. The van der Waals surface area contributed by atoms with E-state index >= 15 is 0 Å². The summed E-state index contributed by atoms with van der Waals surface area (Å²) < 4.78 is 52.3. The van der Waals surface area contributed by atoms with Gasteiger partial charge in [-0.15, -0.1) is 11.3 Å². The van der Waals surface area contributed by atoms with Crippen molar-refractivity contribution in [3.8, 4) is 22.1 Å². The molecular weight excluding hydrogens is 513 g/mol. The summed E-state index contributed by atoms with van der Waals surface area (Å²) in [7, 11) is 2.90. The molecule has 4 aromatic rings. The van der Waals surface area contributed by atoms with Crippen molar-refractivity contribution >= 4 is 44.5 Å². The van der Waals surface area contributed by atoms with Crippen LogP contribution in [0.15, 0.2) is 46.3 Å². The molecule has 0 radical (unpaired) electrons. The summed E-state index contributed by atoms with van der Waals surface area (Å²) in [5, 5.41) is 8.24. The SMILES string of the molecule is COc1ccc(NC(=O)c2nn3c(C(F)(F)F)cc(-c4cccs4)nc3c2Br)c(OC)c1. The Bertz CT molecular complexity index is 1310. The van der Waals surface area contributed by atoms with Gasteiger partial charge in [0.05, 0.1) is 35.0 Å². The molecule has 4 rings (SSSR count). The van der Waals surface area contributed by atoms with Gasteiger partial charge in [-0.2, -0.15) is 18.3 Å². The number of aromatic nitrogens is 3. The third-order valence-electron chi connectivity index (χ3n) is 4.47. The Labute approximate surface area is 191 Å². The number of rotatable bonds is 5. The summed E-state index contributed by atoms with van der Waals surface area (Å²) in [6.07, 6.45) is -4.72. The Balaban J connectivity index is 1.80. The Hall–Kier alpha value is -3.12. The highest BCUT2D eigenvalue weighted by Gasteiger charge is 2.36. The van der Waals surface area contributed by atoms with E-state index in [0.717, 1.165) is 6.07 Å². The molecule has 1 aromatic carbocycles. The molecular formula is C20H14BrF3N4O3S. The number of alkyl halides is 3. The fourth-order valence-corrected chi connectivity index (χ4v) is 4.17. The quantitative estimate of drug-likeness (QED) is 0.371. The molecule has 0 aliphatic carbocycles. The Morgan fingerprint density at radius 1 is 1.19 bits per heavy atom. The van der Waals surface area contributed by atoms with Crippen LogP contribution in [0.25, 0.3) is 16.2 Å². The maximum atomic E-state index is 13.8. The second-order valence-corrected chi connectivity index (χ2v) is 8.16. The second-order valence-electron chi connectivity index (χ2n) is 6.42. The van der Waals surface area contributed by atoms with Crippen molar-refractivity contribution in [3.05, 3.63) is 57.6 Å². The first-order chi connectivity index (χ1) is 15.2. The largest absolute Gasteiger partial charge is 0.497 e. The zero-order valence-electron chi connectivity index (χ0n) is 16.5. The molecule has 0 saturated carbocycles. The van der Waals surface area contributed by atoms with Gasteiger partial charge >= 0.3 is 6.18 Å². The monoisotopic (exact) mass is 526 g/mol. The third-order valence-corrected chi connectivity index (χ3v) is 6.09. The number of thiophene rings is 1. The average molecular weight is 527 g/mol. The van der Waals surface area contributed by atoms with Crippen LogP contribution in [0.1, 0.15) is 16.2 Å². The van der Waals surface area contributed by atoms with Gasteiger partial charge in [-0.05, 0) is 45.6 Å². The van der Waals surface area contributed by atoms with Crippen LogP contribution in [0, 0.1) is 0 Å². The summed E-state index contributed by atoms with van der Waals surface area (Å²) >= 11 is 4.45. The van der Waals surface area contributed by atoms with E-state index in [1.165, 1.54) is 25.6 Å². The number of nitrogens with one attached hydrogen (secondary N) is 1. The first-order valence-corrected chi connectivity index (χ1v) is 10.6. The minimum Gasteiger partial charge on any atom is -0.497 e. The van der Waals surface area contributed by atoms with Gasteiger partial charge in [0, 0.05) is 6.07 Å². The van der Waals surface area contributed by atoms with E-state index in [-0.39, 0.29) is 21.5 Å². The molecule has 32 heavy (non-hydrogen) atoms. The van der Waals surface area contributed by atoms with Gasteiger partial charge in [-0.1, -0.05) is 6.07 Å². The highest BCUT2D eigenvalue weighted by atomic mass is 79.9. The van der Waals surface area contributed by atoms with E-state index in [2.05, 4.69) is 31.3 Å². The van der Waals surface area contributed by atoms with Crippen molar-refractivity contribution in [1.29, 1.82) is 0 Å². The number of hydrogen-bond donors (Lipinski definition) is 1. The summed E-state index contributed by atoms with van der Waals surface area (Å²) in [5.74, 6) is 0.0807. The normalized spacial score (nSPS) is 11.6. The third kappa shape index (κ3) is 4.02. The Kier molecular flexibility index (Phi) is 5.82. The molecule has 3 aromatic heterocycles. The lowest BCUT2D eigenvalue weighted by atomic mass is 10.2. The van der Waals surface area contributed by atoms with Crippen molar-refractivity contribution in [2.24, 2.45) is 0 Å². The minimum atomic E-state index is -4.72. The number of hydrogen-bond acceptors (Lipinski definition) is 6. The predicted molar refractivity (Wildman–Crippen MR) is 117 cm³/mol. The molecule has 0 saturated heterocycles. The molecule has 0 bridgehead atoms. The van der Waals surface area contributed by atoms with Crippen LogP contribution in [0.5, 0.6) is 11.5 Å². The number of methoxy groups -OCH3 is 2. The number of benzene rings is 1. The van der Waals surface area contributed by atoms with E-state index in [4.69, 9.17) is 9.47 Å².